The van der Waals surface area contributed by atoms with E-state index in [9.17, 15) is 5.11 Å². The average Bonchev–Trinajstić information content (AvgIpc) is 2.08. The first-order chi connectivity index (χ1) is 5.57. The topological polar surface area (TPSA) is 29.5 Å². The third-order valence-corrected chi connectivity index (χ3v) is 3.40. The van der Waals surface area contributed by atoms with E-state index in [1.54, 1.807) is 6.07 Å². The number of halogens is 2. The molecule has 1 aromatic carbocycles. The Morgan fingerprint density at radius 1 is 1.42 bits per heavy atom. The minimum absolute atomic E-state index is 0.137. The summed E-state index contributed by atoms with van der Waals surface area (Å²) in [5.41, 5.74) is 0.952. The van der Waals surface area contributed by atoms with E-state index in [0.717, 1.165) is 10.0 Å². The van der Waals surface area contributed by atoms with Gasteiger partial charge in [-0.25, -0.2) is 0 Å². The molecule has 0 saturated heterocycles. The number of ether oxygens (including phenoxy) is 1. The number of benzene rings is 1. The predicted octanol–water partition coefficient (Wildman–Crippen LogP) is 3.23. The first-order valence-corrected chi connectivity index (χ1v) is 4.88. The molecule has 0 fully saturated rings. The molecule has 1 aromatic rings. The summed E-state index contributed by atoms with van der Waals surface area (Å²) in [7, 11) is 1.52. The highest BCUT2D eigenvalue weighted by Crippen LogP contribution is 2.40. The van der Waals surface area contributed by atoms with Gasteiger partial charge in [-0.15, -0.1) is 0 Å². The quantitative estimate of drug-likeness (QED) is 0.862. The molecule has 2 nitrogen and oxygen atoms in total. The van der Waals surface area contributed by atoms with Crippen LogP contribution in [0.1, 0.15) is 5.56 Å². The fourth-order valence-corrected chi connectivity index (χ4v) is 1.92. The van der Waals surface area contributed by atoms with Crippen molar-refractivity contribution in [2.45, 2.75) is 6.92 Å². The highest BCUT2D eigenvalue weighted by Gasteiger charge is 2.11. The molecule has 0 aliphatic carbocycles. The van der Waals surface area contributed by atoms with Gasteiger partial charge in [0.1, 0.15) is 0 Å². The summed E-state index contributed by atoms with van der Waals surface area (Å²) in [5.74, 6) is 0.595. The van der Waals surface area contributed by atoms with Gasteiger partial charge in [-0.1, -0.05) is 15.9 Å². The Morgan fingerprint density at radius 3 is 2.50 bits per heavy atom. The van der Waals surface area contributed by atoms with Gasteiger partial charge in [-0.05, 0) is 34.5 Å². The summed E-state index contributed by atoms with van der Waals surface area (Å²) in [6.45, 7) is 1.90. The average molecular weight is 296 g/mol. The molecular weight excluding hydrogens is 288 g/mol. The van der Waals surface area contributed by atoms with Gasteiger partial charge in [0, 0.05) is 4.47 Å². The second-order valence-electron chi connectivity index (χ2n) is 2.35. The van der Waals surface area contributed by atoms with Crippen molar-refractivity contribution >= 4 is 31.9 Å². The van der Waals surface area contributed by atoms with Crippen molar-refractivity contribution in [2.75, 3.05) is 7.11 Å². The number of hydrogen-bond donors (Lipinski definition) is 1. The molecule has 0 amide bonds. The van der Waals surface area contributed by atoms with Crippen molar-refractivity contribution in [2.24, 2.45) is 0 Å². The first kappa shape index (κ1) is 9.86. The summed E-state index contributed by atoms with van der Waals surface area (Å²) in [6.07, 6.45) is 0. The zero-order valence-corrected chi connectivity index (χ0v) is 9.86. The molecule has 0 aliphatic rings. The van der Waals surface area contributed by atoms with E-state index < -0.39 is 0 Å². The van der Waals surface area contributed by atoms with Crippen LogP contribution < -0.4 is 4.74 Å². The highest BCUT2D eigenvalue weighted by molar-refractivity contribution is 9.11. The molecule has 0 saturated carbocycles. The Kier molecular flexibility index (Phi) is 3.01. The summed E-state index contributed by atoms with van der Waals surface area (Å²) < 4.78 is 6.52. The van der Waals surface area contributed by atoms with Gasteiger partial charge in [0.05, 0.1) is 11.6 Å². The van der Waals surface area contributed by atoms with Crippen LogP contribution in [0.2, 0.25) is 0 Å². The molecule has 0 radical (unpaired) electrons. The van der Waals surface area contributed by atoms with E-state index in [2.05, 4.69) is 31.9 Å². The molecule has 0 aromatic heterocycles. The fourth-order valence-electron chi connectivity index (χ4n) is 0.838. The van der Waals surface area contributed by atoms with Crippen LogP contribution in [-0.2, 0) is 0 Å². The third-order valence-electron chi connectivity index (χ3n) is 1.61. The number of phenols is 1. The monoisotopic (exact) mass is 294 g/mol. The van der Waals surface area contributed by atoms with Crippen LogP contribution >= 0.6 is 31.9 Å². The minimum Gasteiger partial charge on any atom is -0.503 e. The maximum absolute atomic E-state index is 9.51. The van der Waals surface area contributed by atoms with E-state index in [1.807, 2.05) is 6.92 Å². The smallest absolute Gasteiger partial charge is 0.172 e. The number of methoxy groups -OCH3 is 1. The van der Waals surface area contributed by atoms with Crippen molar-refractivity contribution in [1.29, 1.82) is 0 Å². The minimum atomic E-state index is 0.137. The van der Waals surface area contributed by atoms with Gasteiger partial charge in [-0.3, -0.25) is 0 Å². The lowest BCUT2D eigenvalue weighted by Crippen LogP contribution is -1.87. The van der Waals surface area contributed by atoms with Crippen LogP contribution in [0.3, 0.4) is 0 Å². The zero-order chi connectivity index (χ0) is 9.30. The molecule has 0 atom stereocenters. The van der Waals surface area contributed by atoms with Crippen molar-refractivity contribution in [3.63, 3.8) is 0 Å². The van der Waals surface area contributed by atoms with E-state index in [-0.39, 0.29) is 5.75 Å². The molecule has 1 rings (SSSR count). The van der Waals surface area contributed by atoms with Crippen LogP contribution in [0.15, 0.2) is 15.0 Å². The lowest BCUT2D eigenvalue weighted by atomic mass is 10.2. The molecule has 0 heterocycles. The first-order valence-electron chi connectivity index (χ1n) is 3.29. The van der Waals surface area contributed by atoms with E-state index in [4.69, 9.17) is 4.74 Å². The van der Waals surface area contributed by atoms with Crippen LogP contribution in [0.25, 0.3) is 0 Å². The second-order valence-corrected chi connectivity index (χ2v) is 4.00. The Labute approximate surface area is 87.8 Å². The normalized spacial score (nSPS) is 10.0. The molecular formula is C8H8Br2O2. The van der Waals surface area contributed by atoms with E-state index >= 15 is 0 Å². The number of hydrogen-bond acceptors (Lipinski definition) is 2. The molecule has 0 bridgehead atoms. The van der Waals surface area contributed by atoms with Crippen LogP contribution in [0.5, 0.6) is 11.5 Å². The fraction of sp³-hybridized carbons (Fsp3) is 0.250. The van der Waals surface area contributed by atoms with E-state index in [1.165, 1.54) is 7.11 Å². The summed E-state index contributed by atoms with van der Waals surface area (Å²) in [5, 5.41) is 9.51. The predicted molar refractivity (Wildman–Crippen MR) is 54.8 cm³/mol. The lowest BCUT2D eigenvalue weighted by Gasteiger charge is -2.08. The SMILES string of the molecule is COc1cc(Br)c(C)c(Br)c1O. The Balaban J connectivity index is 3.39. The molecule has 0 spiro atoms. The number of aromatic hydroxyl groups is 1. The third kappa shape index (κ3) is 1.59. The Bertz CT molecular complexity index is 310. The maximum Gasteiger partial charge on any atom is 0.172 e. The molecule has 66 valence electrons. The highest BCUT2D eigenvalue weighted by atomic mass is 79.9. The van der Waals surface area contributed by atoms with Gasteiger partial charge < -0.3 is 9.84 Å². The van der Waals surface area contributed by atoms with Crippen molar-refractivity contribution in [3.8, 4) is 11.5 Å². The molecule has 0 unspecified atom stereocenters. The largest absolute Gasteiger partial charge is 0.503 e. The van der Waals surface area contributed by atoms with Gasteiger partial charge >= 0.3 is 0 Å². The molecule has 12 heavy (non-hydrogen) atoms. The van der Waals surface area contributed by atoms with Crippen molar-refractivity contribution in [1.82, 2.24) is 0 Å². The van der Waals surface area contributed by atoms with Crippen LogP contribution in [0.4, 0.5) is 0 Å². The van der Waals surface area contributed by atoms with Gasteiger partial charge in [-0.2, -0.15) is 0 Å². The van der Waals surface area contributed by atoms with Crippen LogP contribution in [0, 0.1) is 6.92 Å². The molecule has 4 heteroatoms. The Hall–Kier alpha value is -0.220. The summed E-state index contributed by atoms with van der Waals surface area (Å²) in [4.78, 5) is 0. The van der Waals surface area contributed by atoms with E-state index in [0.29, 0.717) is 10.2 Å². The summed E-state index contributed by atoms with van der Waals surface area (Å²) >= 11 is 6.61. The van der Waals surface area contributed by atoms with Crippen molar-refractivity contribution in [3.05, 3.63) is 20.6 Å². The van der Waals surface area contributed by atoms with Gasteiger partial charge in [0.15, 0.2) is 11.5 Å². The molecule has 0 aliphatic heterocycles. The zero-order valence-electron chi connectivity index (χ0n) is 6.69. The Morgan fingerprint density at radius 2 is 2.00 bits per heavy atom. The standard InChI is InChI=1S/C8H8Br2O2/c1-4-5(9)3-6(12-2)8(11)7(4)10/h3,11H,1-2H3. The van der Waals surface area contributed by atoms with Crippen LogP contribution in [-0.4, -0.2) is 12.2 Å². The number of phenolic OH excluding ortho intramolecular Hbond substituents is 1. The van der Waals surface area contributed by atoms with Gasteiger partial charge in [0.25, 0.3) is 0 Å². The second kappa shape index (κ2) is 3.66. The lowest BCUT2D eigenvalue weighted by molar-refractivity contribution is 0.371. The summed E-state index contributed by atoms with van der Waals surface area (Å²) in [6, 6.07) is 1.73. The van der Waals surface area contributed by atoms with Gasteiger partial charge in [0.2, 0.25) is 0 Å². The molecule has 1 N–H and O–H groups in total. The maximum atomic E-state index is 9.51. The number of rotatable bonds is 1. The van der Waals surface area contributed by atoms with Crippen molar-refractivity contribution < 1.29 is 9.84 Å².